The van der Waals surface area contributed by atoms with Gasteiger partial charge in [-0.1, -0.05) is 6.07 Å². The van der Waals surface area contributed by atoms with Crippen LogP contribution in [0.15, 0.2) is 18.2 Å². The molecule has 1 N–H and O–H groups in total. The Kier molecular flexibility index (Phi) is 3.42. The van der Waals surface area contributed by atoms with Crippen LogP contribution in [0.4, 0.5) is 0 Å². The zero-order chi connectivity index (χ0) is 14.1. The molecule has 2 atom stereocenters. The van der Waals surface area contributed by atoms with E-state index in [1.807, 2.05) is 24.0 Å². The number of likely N-dealkylation sites (tertiary alicyclic amines) is 1. The average molecular weight is 273 g/mol. The lowest BCUT2D eigenvalue weighted by atomic mass is 9.85. The summed E-state index contributed by atoms with van der Waals surface area (Å²) >= 11 is 0. The minimum atomic E-state index is 0.00375. The van der Waals surface area contributed by atoms with Crippen LogP contribution in [0.5, 0.6) is 0 Å². The number of piperidine rings is 2. The third kappa shape index (κ3) is 2.53. The molecule has 5 nitrogen and oxygen atoms in total. The molecule has 5 heteroatoms. The lowest BCUT2D eigenvalue weighted by Crippen LogP contribution is -2.55. The molecule has 0 aliphatic carbocycles. The third-order valence-electron chi connectivity index (χ3n) is 4.22. The highest BCUT2D eigenvalue weighted by molar-refractivity contribution is 5.92. The van der Waals surface area contributed by atoms with E-state index in [4.69, 9.17) is 0 Å². The molecule has 0 aromatic carbocycles. The van der Waals surface area contributed by atoms with Crippen molar-refractivity contribution in [2.24, 2.45) is 5.92 Å². The Morgan fingerprint density at radius 3 is 3.05 bits per heavy atom. The Bertz CT molecular complexity index is 544. The number of amides is 2. The van der Waals surface area contributed by atoms with Gasteiger partial charge >= 0.3 is 0 Å². The zero-order valence-corrected chi connectivity index (χ0v) is 11.6. The number of hydrogen-bond acceptors (Lipinski definition) is 3. The predicted octanol–water partition coefficient (Wildman–Crippen LogP) is 1.13. The number of nitrogens with zero attached hydrogens (tertiary/aromatic N) is 2. The molecule has 0 bridgehead atoms. The van der Waals surface area contributed by atoms with Gasteiger partial charge in [0.1, 0.15) is 5.69 Å². The number of hydrogen-bond donors (Lipinski definition) is 1. The number of carbonyl (C=O) groups is 2. The molecule has 0 radical (unpaired) electrons. The van der Waals surface area contributed by atoms with Crippen molar-refractivity contribution in [3.05, 3.63) is 29.6 Å². The van der Waals surface area contributed by atoms with Crippen molar-refractivity contribution in [3.63, 3.8) is 0 Å². The van der Waals surface area contributed by atoms with E-state index in [9.17, 15) is 9.59 Å². The molecule has 106 valence electrons. The van der Waals surface area contributed by atoms with Crippen molar-refractivity contribution in [2.75, 3.05) is 13.1 Å². The first kappa shape index (κ1) is 13.1. The molecular formula is C15H19N3O2. The largest absolute Gasteiger partial charge is 0.353 e. The average Bonchev–Trinajstić information content (AvgIpc) is 2.46. The van der Waals surface area contributed by atoms with Crippen molar-refractivity contribution in [2.45, 2.75) is 32.2 Å². The van der Waals surface area contributed by atoms with Crippen LogP contribution in [-0.2, 0) is 4.79 Å². The maximum absolute atomic E-state index is 12.5. The highest BCUT2D eigenvalue weighted by Crippen LogP contribution is 2.26. The molecule has 2 fully saturated rings. The van der Waals surface area contributed by atoms with Gasteiger partial charge in [0, 0.05) is 31.2 Å². The summed E-state index contributed by atoms with van der Waals surface area (Å²) in [6.45, 7) is 3.30. The Hall–Kier alpha value is -1.91. The van der Waals surface area contributed by atoms with Crippen LogP contribution in [0.2, 0.25) is 0 Å². The van der Waals surface area contributed by atoms with E-state index in [0.717, 1.165) is 25.1 Å². The summed E-state index contributed by atoms with van der Waals surface area (Å²) in [5, 5.41) is 3.03. The predicted molar refractivity (Wildman–Crippen MR) is 74.1 cm³/mol. The second kappa shape index (κ2) is 5.23. The van der Waals surface area contributed by atoms with E-state index in [1.54, 1.807) is 6.07 Å². The summed E-state index contributed by atoms with van der Waals surface area (Å²) in [6.07, 6.45) is 2.29. The lowest BCUT2D eigenvalue weighted by Gasteiger charge is -2.41. The Morgan fingerprint density at radius 2 is 2.25 bits per heavy atom. The maximum Gasteiger partial charge on any atom is 0.272 e. The highest BCUT2D eigenvalue weighted by Gasteiger charge is 2.35. The first-order valence-electron chi connectivity index (χ1n) is 7.16. The molecular weight excluding hydrogens is 254 g/mol. The van der Waals surface area contributed by atoms with Crippen LogP contribution in [0.25, 0.3) is 0 Å². The first-order valence-corrected chi connectivity index (χ1v) is 7.16. The van der Waals surface area contributed by atoms with Gasteiger partial charge < -0.3 is 10.2 Å². The molecule has 20 heavy (non-hydrogen) atoms. The molecule has 2 amide bonds. The topological polar surface area (TPSA) is 62.3 Å². The van der Waals surface area contributed by atoms with E-state index < -0.39 is 0 Å². The van der Waals surface area contributed by atoms with Gasteiger partial charge in [-0.25, -0.2) is 4.98 Å². The number of rotatable bonds is 1. The summed E-state index contributed by atoms with van der Waals surface area (Å²) in [7, 11) is 0. The number of fused-ring (bicyclic) bond motifs is 1. The second-order valence-corrected chi connectivity index (χ2v) is 5.68. The fraction of sp³-hybridized carbons (Fsp3) is 0.533. The Labute approximate surface area is 118 Å². The molecule has 0 spiro atoms. The fourth-order valence-electron chi connectivity index (χ4n) is 3.12. The van der Waals surface area contributed by atoms with Gasteiger partial charge in [-0.05, 0) is 37.8 Å². The van der Waals surface area contributed by atoms with E-state index >= 15 is 0 Å². The van der Waals surface area contributed by atoms with Crippen LogP contribution in [0.1, 0.15) is 35.4 Å². The number of aromatic nitrogens is 1. The molecule has 3 rings (SSSR count). The van der Waals surface area contributed by atoms with Gasteiger partial charge in [0.25, 0.3) is 5.91 Å². The highest BCUT2D eigenvalue weighted by atomic mass is 16.2. The first-order chi connectivity index (χ1) is 9.63. The van der Waals surface area contributed by atoms with E-state index in [2.05, 4.69) is 10.3 Å². The Balaban J connectivity index is 1.70. The van der Waals surface area contributed by atoms with Gasteiger partial charge in [0.15, 0.2) is 0 Å². The summed E-state index contributed by atoms with van der Waals surface area (Å²) in [4.78, 5) is 30.0. The maximum atomic E-state index is 12.5. The monoisotopic (exact) mass is 273 g/mol. The third-order valence-corrected chi connectivity index (χ3v) is 4.22. The van der Waals surface area contributed by atoms with Gasteiger partial charge in [-0.2, -0.15) is 0 Å². The van der Waals surface area contributed by atoms with Gasteiger partial charge in [-0.15, -0.1) is 0 Å². The van der Waals surface area contributed by atoms with Crippen LogP contribution in [0, 0.1) is 12.8 Å². The minimum absolute atomic E-state index is 0.00375. The second-order valence-electron chi connectivity index (χ2n) is 5.68. The molecule has 0 saturated carbocycles. The normalized spacial score (nSPS) is 25.9. The Morgan fingerprint density at radius 1 is 1.40 bits per heavy atom. The standard InChI is InChI=1S/C15H19N3O2/c1-10-3-2-4-13(16-10)15(20)18-8-7-12-11(9-18)5-6-14(19)17-12/h2-4,11-12H,5-9H2,1H3,(H,17,19). The molecule has 1 aromatic heterocycles. The van der Waals surface area contributed by atoms with Crippen LogP contribution >= 0.6 is 0 Å². The molecule has 1 aromatic rings. The summed E-state index contributed by atoms with van der Waals surface area (Å²) in [5.74, 6) is 0.533. The smallest absolute Gasteiger partial charge is 0.272 e. The number of nitrogens with one attached hydrogen (secondary N) is 1. The molecule has 2 aliphatic heterocycles. The van der Waals surface area contributed by atoms with Crippen LogP contribution in [-0.4, -0.2) is 40.8 Å². The molecule has 3 heterocycles. The van der Waals surface area contributed by atoms with Crippen LogP contribution in [0.3, 0.4) is 0 Å². The SMILES string of the molecule is Cc1cccc(C(=O)N2CCC3NC(=O)CCC3C2)n1. The lowest BCUT2D eigenvalue weighted by molar-refractivity contribution is -0.125. The molecule has 2 aliphatic rings. The van der Waals surface area contributed by atoms with E-state index in [1.165, 1.54) is 0 Å². The molecule has 2 unspecified atom stereocenters. The van der Waals surface area contributed by atoms with Crippen molar-refractivity contribution in [1.29, 1.82) is 0 Å². The van der Waals surface area contributed by atoms with Crippen molar-refractivity contribution < 1.29 is 9.59 Å². The van der Waals surface area contributed by atoms with Gasteiger partial charge in [0.05, 0.1) is 0 Å². The van der Waals surface area contributed by atoms with Crippen LogP contribution < -0.4 is 5.32 Å². The van der Waals surface area contributed by atoms with E-state index in [0.29, 0.717) is 24.6 Å². The van der Waals surface area contributed by atoms with Crippen molar-refractivity contribution in [3.8, 4) is 0 Å². The summed E-state index contributed by atoms with van der Waals surface area (Å²) in [5.41, 5.74) is 1.37. The molecule has 2 saturated heterocycles. The summed E-state index contributed by atoms with van der Waals surface area (Å²) in [6, 6.07) is 5.76. The summed E-state index contributed by atoms with van der Waals surface area (Å²) < 4.78 is 0. The van der Waals surface area contributed by atoms with E-state index in [-0.39, 0.29) is 17.9 Å². The fourth-order valence-corrected chi connectivity index (χ4v) is 3.12. The number of pyridine rings is 1. The number of carbonyl (C=O) groups excluding carboxylic acids is 2. The minimum Gasteiger partial charge on any atom is -0.353 e. The van der Waals surface area contributed by atoms with Crippen molar-refractivity contribution >= 4 is 11.8 Å². The zero-order valence-electron chi connectivity index (χ0n) is 11.6. The quantitative estimate of drug-likeness (QED) is 0.834. The number of aryl methyl sites for hydroxylation is 1. The van der Waals surface area contributed by atoms with Crippen molar-refractivity contribution in [1.82, 2.24) is 15.2 Å². The van der Waals surface area contributed by atoms with Gasteiger partial charge in [0.2, 0.25) is 5.91 Å². The van der Waals surface area contributed by atoms with Gasteiger partial charge in [-0.3, -0.25) is 9.59 Å².